The van der Waals surface area contributed by atoms with Gasteiger partial charge in [-0.25, -0.2) is 8.42 Å². The fraction of sp³-hybridized carbons (Fsp3) is 0.294. The van der Waals surface area contributed by atoms with Crippen LogP contribution in [0.4, 0.5) is 5.69 Å². The van der Waals surface area contributed by atoms with Crippen molar-refractivity contribution in [1.29, 1.82) is 0 Å². The van der Waals surface area contributed by atoms with Crippen molar-refractivity contribution < 1.29 is 18.0 Å². The van der Waals surface area contributed by atoms with Crippen LogP contribution in [0.1, 0.15) is 44.7 Å². The van der Waals surface area contributed by atoms with Crippen LogP contribution in [-0.2, 0) is 32.6 Å². The van der Waals surface area contributed by atoms with Gasteiger partial charge >= 0.3 is 0 Å². The first kappa shape index (κ1) is 30.6. The molecule has 0 aliphatic carbocycles. The number of hydrogen-bond acceptors (Lipinski definition) is 4. The van der Waals surface area contributed by atoms with Crippen molar-refractivity contribution in [3.63, 3.8) is 0 Å². The highest BCUT2D eigenvalue weighted by Crippen LogP contribution is 2.42. The van der Waals surface area contributed by atoms with Crippen LogP contribution in [0.15, 0.2) is 95.9 Å². The summed E-state index contributed by atoms with van der Waals surface area (Å²) in [5.41, 5.74) is 1.90. The maximum atomic E-state index is 14.0. The molecule has 1 heterocycles. The Morgan fingerprint density at radius 1 is 0.884 bits per heavy atom. The quantitative estimate of drug-likeness (QED) is 0.225. The van der Waals surface area contributed by atoms with Crippen molar-refractivity contribution in [1.82, 2.24) is 10.2 Å². The predicted molar refractivity (Wildman–Crippen MR) is 172 cm³/mol. The molecule has 43 heavy (non-hydrogen) atoms. The van der Waals surface area contributed by atoms with Gasteiger partial charge in [0.2, 0.25) is 11.8 Å². The number of sulfonamides is 1. The van der Waals surface area contributed by atoms with Crippen LogP contribution in [0, 0.1) is 0 Å². The smallest absolute Gasteiger partial charge is 0.265 e. The monoisotopic (exact) mass is 617 g/mol. The molecule has 0 fully saturated rings. The Hall–Kier alpha value is -3.88. The molecule has 0 bridgehead atoms. The molecular weight excluding hydrogens is 582 g/mol. The zero-order valence-corrected chi connectivity index (χ0v) is 26.2. The lowest BCUT2D eigenvalue weighted by atomic mass is 10.00. The standard InChI is InChI=1S/C34H36ClN3O4S/c1-34(2,3)36-33(40)29(22-24-10-5-4-6-11-24)37(23-25-17-19-27(35)20-18-25)31(39)16-9-21-38-28-14-7-12-26-13-8-15-30(32(26)28)43(38,41)42/h4-8,10-15,17-20,29H,9,16,21-23H2,1-3H3,(H,36,40)/t29-/m1/s1. The van der Waals surface area contributed by atoms with Gasteiger partial charge < -0.3 is 10.2 Å². The van der Waals surface area contributed by atoms with E-state index in [0.717, 1.165) is 16.5 Å². The molecule has 0 aromatic heterocycles. The number of nitrogens with one attached hydrogen (secondary N) is 1. The third-order valence-electron chi connectivity index (χ3n) is 7.47. The summed E-state index contributed by atoms with van der Waals surface area (Å²) in [4.78, 5) is 29.7. The minimum atomic E-state index is -3.73. The summed E-state index contributed by atoms with van der Waals surface area (Å²) >= 11 is 6.12. The first-order chi connectivity index (χ1) is 20.4. The number of anilines is 1. The van der Waals surface area contributed by atoms with Gasteiger partial charge in [-0.05, 0) is 68.0 Å². The Bertz CT molecular complexity index is 1730. The SMILES string of the molecule is CC(C)(C)NC(=O)[C@@H](Cc1ccccc1)N(Cc1ccc(Cl)cc1)C(=O)CCCN1c2cccc3cccc(c23)S1(=O)=O. The number of carbonyl (C=O) groups is 2. The molecule has 5 rings (SSSR count). The second-order valence-corrected chi connectivity index (χ2v) is 14.2. The van der Waals surface area contributed by atoms with Gasteiger partial charge in [0.15, 0.2) is 0 Å². The normalized spacial score (nSPS) is 14.5. The van der Waals surface area contributed by atoms with Crippen LogP contribution in [-0.4, -0.2) is 43.3 Å². The van der Waals surface area contributed by atoms with Crippen LogP contribution >= 0.6 is 11.6 Å². The van der Waals surface area contributed by atoms with Gasteiger partial charge in [-0.1, -0.05) is 78.3 Å². The number of carbonyl (C=O) groups excluding carboxylic acids is 2. The Balaban J connectivity index is 1.40. The summed E-state index contributed by atoms with van der Waals surface area (Å²) < 4.78 is 28.3. The number of benzene rings is 4. The van der Waals surface area contributed by atoms with E-state index in [-0.39, 0.29) is 36.2 Å². The summed E-state index contributed by atoms with van der Waals surface area (Å²) in [6.45, 7) is 6.08. The molecule has 4 aromatic rings. The highest BCUT2D eigenvalue weighted by atomic mass is 35.5. The fourth-order valence-corrected chi connectivity index (χ4v) is 7.38. The average molecular weight is 618 g/mol. The first-order valence-corrected chi connectivity index (χ1v) is 16.2. The number of amides is 2. The number of halogens is 1. The minimum Gasteiger partial charge on any atom is -0.350 e. The van der Waals surface area contributed by atoms with E-state index in [1.807, 2.05) is 81.4 Å². The second-order valence-electron chi connectivity index (χ2n) is 11.9. The van der Waals surface area contributed by atoms with E-state index in [0.29, 0.717) is 28.9 Å². The van der Waals surface area contributed by atoms with E-state index in [9.17, 15) is 18.0 Å². The van der Waals surface area contributed by atoms with Gasteiger partial charge in [-0.3, -0.25) is 13.9 Å². The number of nitrogens with zero attached hydrogens (tertiary/aromatic N) is 2. The maximum Gasteiger partial charge on any atom is 0.265 e. The van der Waals surface area contributed by atoms with Gasteiger partial charge in [-0.15, -0.1) is 0 Å². The first-order valence-electron chi connectivity index (χ1n) is 14.4. The molecule has 0 radical (unpaired) electrons. The van der Waals surface area contributed by atoms with Crippen molar-refractivity contribution in [2.24, 2.45) is 0 Å². The Labute approximate surface area is 258 Å². The van der Waals surface area contributed by atoms with Crippen LogP contribution < -0.4 is 9.62 Å². The molecule has 9 heteroatoms. The molecule has 1 aliphatic rings. The van der Waals surface area contributed by atoms with E-state index >= 15 is 0 Å². The Morgan fingerprint density at radius 3 is 2.23 bits per heavy atom. The predicted octanol–water partition coefficient (Wildman–Crippen LogP) is 6.34. The van der Waals surface area contributed by atoms with Crippen LogP contribution in [0.3, 0.4) is 0 Å². The second kappa shape index (κ2) is 12.4. The lowest BCUT2D eigenvalue weighted by Gasteiger charge is -2.34. The van der Waals surface area contributed by atoms with Crippen LogP contribution in [0.2, 0.25) is 5.02 Å². The molecule has 0 unspecified atom stereocenters. The molecule has 224 valence electrons. The molecular formula is C34H36ClN3O4S. The van der Waals surface area contributed by atoms with Crippen molar-refractivity contribution in [3.05, 3.63) is 107 Å². The van der Waals surface area contributed by atoms with Crippen molar-refractivity contribution in [2.45, 2.75) is 63.1 Å². The van der Waals surface area contributed by atoms with Crippen LogP contribution in [0.25, 0.3) is 10.8 Å². The van der Waals surface area contributed by atoms with Gasteiger partial charge in [0.1, 0.15) is 6.04 Å². The number of rotatable bonds is 10. The van der Waals surface area contributed by atoms with E-state index in [1.165, 1.54) is 4.31 Å². The third kappa shape index (κ3) is 6.86. The molecule has 4 aromatic carbocycles. The zero-order valence-electron chi connectivity index (χ0n) is 24.6. The zero-order chi connectivity index (χ0) is 30.8. The van der Waals surface area contributed by atoms with E-state index in [1.54, 1.807) is 35.2 Å². The largest absolute Gasteiger partial charge is 0.350 e. The molecule has 0 saturated carbocycles. The van der Waals surface area contributed by atoms with Crippen molar-refractivity contribution >= 4 is 49.9 Å². The summed E-state index contributed by atoms with van der Waals surface area (Å²) in [5, 5.41) is 5.21. The van der Waals surface area contributed by atoms with Crippen molar-refractivity contribution in [3.8, 4) is 0 Å². The van der Waals surface area contributed by atoms with Crippen molar-refractivity contribution in [2.75, 3.05) is 10.8 Å². The third-order valence-corrected chi connectivity index (χ3v) is 9.58. The summed E-state index contributed by atoms with van der Waals surface area (Å²) in [5.74, 6) is -0.477. The molecule has 1 aliphatic heterocycles. The lowest BCUT2D eigenvalue weighted by Crippen LogP contribution is -2.54. The maximum absolute atomic E-state index is 14.0. The van der Waals surface area contributed by atoms with Gasteiger partial charge in [0.25, 0.3) is 10.0 Å². The van der Waals surface area contributed by atoms with E-state index < -0.39 is 21.6 Å². The topological polar surface area (TPSA) is 86.8 Å². The molecule has 7 nitrogen and oxygen atoms in total. The van der Waals surface area contributed by atoms with Gasteiger partial charge in [-0.2, -0.15) is 0 Å². The number of hydrogen-bond donors (Lipinski definition) is 1. The minimum absolute atomic E-state index is 0.0695. The molecule has 0 spiro atoms. The lowest BCUT2D eigenvalue weighted by molar-refractivity contribution is -0.142. The Kier molecular flexibility index (Phi) is 8.81. The van der Waals surface area contributed by atoms with Gasteiger partial charge in [0, 0.05) is 41.9 Å². The van der Waals surface area contributed by atoms with Crippen LogP contribution in [0.5, 0.6) is 0 Å². The Morgan fingerprint density at radius 2 is 1.56 bits per heavy atom. The highest BCUT2D eigenvalue weighted by Gasteiger charge is 2.36. The fourth-order valence-electron chi connectivity index (χ4n) is 5.51. The summed E-state index contributed by atoms with van der Waals surface area (Å²) in [6.07, 6.45) is 0.693. The highest BCUT2D eigenvalue weighted by molar-refractivity contribution is 7.93. The molecule has 1 atom stereocenters. The summed E-state index contributed by atoms with van der Waals surface area (Å²) in [7, 11) is -3.73. The van der Waals surface area contributed by atoms with E-state index in [4.69, 9.17) is 11.6 Å². The van der Waals surface area contributed by atoms with E-state index in [2.05, 4.69) is 5.32 Å². The van der Waals surface area contributed by atoms with Gasteiger partial charge in [0.05, 0.1) is 10.6 Å². The summed E-state index contributed by atoms with van der Waals surface area (Å²) in [6, 6.07) is 26.9. The molecule has 1 N–H and O–H groups in total. The average Bonchev–Trinajstić information content (AvgIpc) is 3.18. The molecule has 0 saturated heterocycles. The molecule has 2 amide bonds.